The lowest BCUT2D eigenvalue weighted by Crippen LogP contribution is -2.65. The largest absolute Gasteiger partial charge is 1.26 e. The fourth-order valence-corrected chi connectivity index (χ4v) is 0.462. The molecule has 0 spiro atoms. The summed E-state index contributed by atoms with van der Waals surface area (Å²) in [5, 5.41) is 39.4. The Morgan fingerprint density at radius 2 is 0.769 bits per heavy atom. The third kappa shape index (κ3) is 1.21. The molecule has 0 aliphatic heterocycles. The van der Waals surface area contributed by atoms with Crippen molar-refractivity contribution in [1.82, 2.24) is 0 Å². The van der Waals surface area contributed by atoms with Crippen LogP contribution in [0.5, 0.6) is 0 Å². The van der Waals surface area contributed by atoms with E-state index in [0.29, 0.717) is 0 Å². The van der Waals surface area contributed by atoms with Gasteiger partial charge in [0, 0.05) is 19.3 Å². The molecule has 0 aromatic rings. The molecule has 0 aromatic heterocycles. The molecule has 0 unspecified atom stereocenters. The first-order valence-corrected chi connectivity index (χ1v) is 2.49. The van der Waals surface area contributed by atoms with Gasteiger partial charge in [0.15, 0.2) is 0 Å². The zero-order chi connectivity index (χ0) is 10.8. The number of hydrogen-bond donors (Lipinski definition) is 0. The minimum Gasteiger partial charge on any atom is -0.305 e. The van der Waals surface area contributed by atoms with Gasteiger partial charge in [0.25, 0.3) is 0 Å². The Morgan fingerprint density at radius 1 is 0.615 bits per heavy atom. The average Bonchev–Trinajstić information content (AvgIpc) is 1.82. The summed E-state index contributed by atoms with van der Waals surface area (Å²) in [5.41, 5.74) is 0. The molecule has 13 heavy (non-hydrogen) atoms. The summed E-state index contributed by atoms with van der Waals surface area (Å²) in [5.74, 6) is 0. The summed E-state index contributed by atoms with van der Waals surface area (Å²) >= 11 is 0. The van der Waals surface area contributed by atoms with Crippen LogP contribution in [0.3, 0.4) is 0 Å². The normalized spacial score (nSPS) is 10.5. The highest BCUT2D eigenvalue weighted by Gasteiger charge is 2.92. The van der Waals surface area contributed by atoms with Gasteiger partial charge in [-0.3, -0.25) is 0 Å². The first-order chi connectivity index (χ1) is 5.77. The van der Waals surface area contributed by atoms with Crippen molar-refractivity contribution >= 4 is 6.69 Å². The smallest absolute Gasteiger partial charge is 0.305 e. The van der Waals surface area contributed by atoms with Crippen LogP contribution in [0, 0.1) is 40.5 Å². The van der Waals surface area contributed by atoms with Gasteiger partial charge in [0.05, 0.1) is 0 Å². The van der Waals surface area contributed by atoms with Gasteiger partial charge in [-0.15, -0.1) is 0 Å². The van der Waals surface area contributed by atoms with Crippen LogP contribution in [0.2, 0.25) is 0 Å². The van der Waals surface area contributed by atoms with E-state index in [4.69, 9.17) is 0 Å². The maximum atomic E-state index is 9.85. The highest BCUT2D eigenvalue weighted by atomic mass is 16.7. The number of nitrogens with zero attached hydrogens (tertiary/aromatic N) is 4. The molecule has 0 fully saturated rings. The topological polar surface area (TPSA) is 173 Å². The van der Waals surface area contributed by atoms with Gasteiger partial charge in [0.1, 0.15) is 0 Å². The molecule has 0 aromatic carbocycles. The zero-order valence-electron chi connectivity index (χ0n) is 5.63. The first-order valence-electron chi connectivity index (χ1n) is 2.49. The number of rotatable bonds is 4. The summed E-state index contributed by atoms with van der Waals surface area (Å²) in [6, 6.07) is 0. The van der Waals surface area contributed by atoms with E-state index in [-0.39, 0.29) is 0 Å². The second kappa shape index (κ2) is 2.96. The molecule has 0 aliphatic rings. The fourth-order valence-electron chi connectivity index (χ4n) is 0.462. The Hall–Kier alpha value is -2.34. The Morgan fingerprint density at radius 3 is 0.769 bits per heavy atom. The van der Waals surface area contributed by atoms with Crippen LogP contribution < -0.4 is 0 Å². The predicted octanol–water partition coefficient (Wildman–Crippen LogP) is -1.47. The van der Waals surface area contributed by atoms with Gasteiger partial charge in [0.2, 0.25) is 0 Å². The molecule has 0 heterocycles. The maximum Gasteiger partial charge on any atom is 1.26 e. The highest BCUT2D eigenvalue weighted by Crippen LogP contribution is 2.06. The lowest BCUT2D eigenvalue weighted by atomic mass is 9.80. The average molecular weight is 195 g/mol. The summed E-state index contributed by atoms with van der Waals surface area (Å²) in [4.78, 5) is 30.9. The van der Waals surface area contributed by atoms with Crippen molar-refractivity contribution in [3.05, 3.63) is 40.5 Å². The molecule has 0 amide bonds. The highest BCUT2D eigenvalue weighted by molar-refractivity contribution is 6.46. The van der Waals surface area contributed by atoms with Crippen molar-refractivity contribution in [2.24, 2.45) is 0 Å². The van der Waals surface area contributed by atoms with E-state index in [0.717, 1.165) is 0 Å². The second-order valence-corrected chi connectivity index (χ2v) is 1.83. The predicted molar refractivity (Wildman–Crippen MR) is 33.7 cm³/mol. The molecule has 0 atom stereocenters. The van der Waals surface area contributed by atoms with Crippen LogP contribution >= 0.6 is 0 Å². The van der Waals surface area contributed by atoms with E-state index in [1.54, 1.807) is 0 Å². The van der Waals surface area contributed by atoms with E-state index in [2.05, 4.69) is 0 Å². The molecule has 13 heteroatoms. The maximum absolute atomic E-state index is 9.85. The Bertz CT molecular complexity index is 231. The van der Waals surface area contributed by atoms with Crippen molar-refractivity contribution in [2.45, 2.75) is 0 Å². The monoisotopic (exact) mass is 195 g/mol. The molecular formula is BN4O8-. The van der Waals surface area contributed by atoms with Gasteiger partial charge in [-0.1, -0.05) is 0 Å². The van der Waals surface area contributed by atoms with Crippen molar-refractivity contribution in [1.29, 1.82) is 0 Å². The van der Waals surface area contributed by atoms with Gasteiger partial charge < -0.3 is 40.5 Å². The Kier molecular flexibility index (Phi) is 2.43. The van der Waals surface area contributed by atoms with E-state index < -0.39 is 26.0 Å². The van der Waals surface area contributed by atoms with Crippen LogP contribution in [-0.4, -0.2) is 26.0 Å². The minimum absolute atomic E-state index is 2.12. The van der Waals surface area contributed by atoms with Gasteiger partial charge in [-0.25, -0.2) is 0 Å². The molecular weight excluding hydrogens is 195 g/mol. The molecule has 0 bridgehead atoms. The van der Waals surface area contributed by atoms with E-state index in [9.17, 15) is 40.5 Å². The molecule has 0 N–H and O–H groups in total. The first kappa shape index (κ1) is 10.7. The fraction of sp³-hybridized carbons (Fsp3) is 0. The van der Waals surface area contributed by atoms with E-state index >= 15 is 0 Å². The standard InChI is InChI=1S/BN4O8/c6-2(7)1(3(8)9,4(10)11)5(12)13/q-1. The Labute approximate surface area is 67.7 Å². The third-order valence-electron chi connectivity index (χ3n) is 1.13. The number of nitro groups is 4. The van der Waals surface area contributed by atoms with Crippen molar-refractivity contribution < 1.29 is 19.3 Å². The van der Waals surface area contributed by atoms with Crippen LogP contribution in [0.4, 0.5) is 0 Å². The SMILES string of the molecule is O=[N+]([O-])[B-]([N+](=O)[O-])([N+](=O)[O-])[N+](=O)[O-]. The van der Waals surface area contributed by atoms with Crippen molar-refractivity contribution in [2.75, 3.05) is 0 Å². The Balaban J connectivity index is 5.60. The van der Waals surface area contributed by atoms with E-state index in [1.165, 1.54) is 0 Å². The molecule has 0 saturated heterocycles. The lowest BCUT2D eigenvalue weighted by Gasteiger charge is -2.03. The third-order valence-corrected chi connectivity index (χ3v) is 1.13. The van der Waals surface area contributed by atoms with Gasteiger partial charge in [-0.05, 0) is 0 Å². The molecule has 0 aliphatic carbocycles. The summed E-state index contributed by atoms with van der Waals surface area (Å²) in [6.45, 7) is -5.33. The van der Waals surface area contributed by atoms with Crippen LogP contribution in [0.15, 0.2) is 0 Å². The van der Waals surface area contributed by atoms with Gasteiger partial charge in [-0.2, -0.15) is 0 Å². The molecule has 72 valence electrons. The summed E-state index contributed by atoms with van der Waals surface area (Å²) in [7, 11) is 0. The van der Waals surface area contributed by atoms with E-state index in [1.807, 2.05) is 0 Å². The van der Waals surface area contributed by atoms with Crippen LogP contribution in [0.25, 0.3) is 0 Å². The zero-order valence-corrected chi connectivity index (χ0v) is 5.63. The quantitative estimate of drug-likeness (QED) is 0.296. The molecule has 12 nitrogen and oxygen atoms in total. The minimum atomic E-state index is -5.33. The van der Waals surface area contributed by atoms with Crippen LogP contribution in [-0.2, 0) is 0 Å². The summed E-state index contributed by atoms with van der Waals surface area (Å²) < 4.78 is 0. The lowest BCUT2D eigenvalue weighted by molar-refractivity contribution is -0.722. The molecule has 0 radical (unpaired) electrons. The van der Waals surface area contributed by atoms with Crippen molar-refractivity contribution in [3.63, 3.8) is 0 Å². The molecule has 0 rings (SSSR count). The molecule has 0 saturated carbocycles. The van der Waals surface area contributed by atoms with Crippen LogP contribution in [0.1, 0.15) is 0 Å². The van der Waals surface area contributed by atoms with Gasteiger partial charge >= 0.3 is 6.69 Å². The number of hydrogen-bond acceptors (Lipinski definition) is 8. The summed E-state index contributed by atoms with van der Waals surface area (Å²) in [6.07, 6.45) is 0. The second-order valence-electron chi connectivity index (χ2n) is 1.83. The van der Waals surface area contributed by atoms with Crippen molar-refractivity contribution in [3.8, 4) is 0 Å².